The first-order valence-corrected chi connectivity index (χ1v) is 10.2. The average molecular weight is 584 g/mol. The van der Waals surface area contributed by atoms with Gasteiger partial charge in [-0.05, 0) is 56.1 Å². The van der Waals surface area contributed by atoms with Crippen LogP contribution in [0.4, 0.5) is 8.78 Å². The lowest BCUT2D eigenvalue weighted by Gasteiger charge is -2.10. The molecule has 32 heavy (non-hydrogen) atoms. The molecule has 0 saturated heterocycles. The molecule has 0 heterocycles. The molecule has 8 nitrogen and oxygen atoms in total. The predicted octanol–water partition coefficient (Wildman–Crippen LogP) is 4.40. The molecule has 2 rings (SSSR count). The number of methoxy groups -OCH3 is 2. The minimum absolute atomic E-state index is 0.00662. The zero-order valence-electron chi connectivity index (χ0n) is 17.0. The van der Waals surface area contributed by atoms with Crippen molar-refractivity contribution in [1.29, 1.82) is 0 Å². The number of rotatable bonds is 6. The predicted molar refractivity (Wildman–Crippen MR) is 115 cm³/mol. The maximum Gasteiger partial charge on any atom is 0.337 e. The van der Waals surface area contributed by atoms with E-state index in [2.05, 4.69) is 46.1 Å². The van der Waals surface area contributed by atoms with Crippen molar-refractivity contribution in [3.8, 4) is 11.5 Å². The van der Waals surface area contributed by atoms with Crippen LogP contribution in [0.5, 0.6) is 11.5 Å². The van der Waals surface area contributed by atoms with Crippen molar-refractivity contribution in [2.75, 3.05) is 27.4 Å². The fourth-order valence-electron chi connectivity index (χ4n) is 2.06. The van der Waals surface area contributed by atoms with Crippen molar-refractivity contribution in [3.63, 3.8) is 0 Å². The Morgan fingerprint density at radius 3 is 1.81 bits per heavy atom. The summed E-state index contributed by atoms with van der Waals surface area (Å²) in [4.78, 5) is 32.7. The summed E-state index contributed by atoms with van der Waals surface area (Å²) in [5.74, 6) is -3.89. The van der Waals surface area contributed by atoms with E-state index in [4.69, 9.17) is 9.84 Å². The molecule has 12 heteroatoms. The Kier molecular flexibility index (Phi) is 11.1. The van der Waals surface area contributed by atoms with Crippen molar-refractivity contribution in [3.05, 3.63) is 56.0 Å². The second-order valence-corrected chi connectivity index (χ2v) is 7.44. The van der Waals surface area contributed by atoms with Crippen LogP contribution in [0.3, 0.4) is 0 Å². The van der Waals surface area contributed by atoms with Gasteiger partial charge in [-0.3, -0.25) is 4.79 Å². The number of aromatic hydroxyl groups is 1. The number of phenols is 1. The summed E-state index contributed by atoms with van der Waals surface area (Å²) in [6.45, 7) is 1.29. The van der Waals surface area contributed by atoms with E-state index in [-0.39, 0.29) is 39.0 Å². The molecule has 0 bridgehead atoms. The Balaban J connectivity index is 0.000000343. The Morgan fingerprint density at radius 2 is 1.38 bits per heavy atom. The van der Waals surface area contributed by atoms with E-state index in [0.29, 0.717) is 0 Å². The smallest absolute Gasteiger partial charge is 0.337 e. The van der Waals surface area contributed by atoms with Crippen LogP contribution in [-0.2, 0) is 19.0 Å². The molecule has 0 saturated carbocycles. The van der Waals surface area contributed by atoms with E-state index in [1.54, 1.807) is 0 Å². The first-order chi connectivity index (χ1) is 15.0. The molecule has 0 aliphatic carbocycles. The highest BCUT2D eigenvalue weighted by Gasteiger charge is 2.15. The lowest BCUT2D eigenvalue weighted by Crippen LogP contribution is -2.11. The van der Waals surface area contributed by atoms with Gasteiger partial charge in [-0.1, -0.05) is 0 Å². The summed E-state index contributed by atoms with van der Waals surface area (Å²) in [7, 11) is 2.40. The molecule has 2 aromatic carbocycles. The van der Waals surface area contributed by atoms with Crippen LogP contribution < -0.4 is 4.74 Å². The van der Waals surface area contributed by atoms with Crippen molar-refractivity contribution in [2.24, 2.45) is 0 Å². The fourth-order valence-corrected chi connectivity index (χ4v) is 3.05. The number of esters is 3. The van der Waals surface area contributed by atoms with Gasteiger partial charge in [0, 0.05) is 6.92 Å². The summed E-state index contributed by atoms with van der Waals surface area (Å²) < 4.78 is 45.6. The highest BCUT2D eigenvalue weighted by molar-refractivity contribution is 9.10. The molecule has 0 spiro atoms. The minimum atomic E-state index is -0.866. The van der Waals surface area contributed by atoms with Gasteiger partial charge < -0.3 is 24.1 Å². The van der Waals surface area contributed by atoms with Crippen molar-refractivity contribution >= 4 is 49.8 Å². The maximum absolute atomic E-state index is 13.7. The molecular formula is C20H18Br2F2O8. The number of halogens is 4. The number of carbonyl (C=O) groups excluding carboxylic acids is 3. The number of hydrogen-bond donors (Lipinski definition) is 1. The normalized spacial score (nSPS) is 9.84. The lowest BCUT2D eigenvalue weighted by atomic mass is 10.2. The second kappa shape index (κ2) is 13.0. The molecule has 2 aromatic rings. The summed E-state index contributed by atoms with van der Waals surface area (Å²) in [5.41, 5.74) is 0.115. The van der Waals surface area contributed by atoms with Crippen LogP contribution in [0.25, 0.3) is 0 Å². The fraction of sp³-hybridized carbons (Fsp3) is 0.250. The van der Waals surface area contributed by atoms with Crippen molar-refractivity contribution in [1.82, 2.24) is 0 Å². The Hall–Kier alpha value is -2.73. The molecule has 0 aromatic heterocycles. The Labute approximate surface area is 198 Å². The third-order valence-corrected chi connectivity index (χ3v) is 4.69. The molecule has 0 amide bonds. The molecule has 0 aliphatic heterocycles. The number of carbonyl (C=O) groups is 3. The van der Waals surface area contributed by atoms with Crippen LogP contribution in [0.15, 0.2) is 33.2 Å². The first kappa shape index (κ1) is 27.3. The molecule has 0 atom stereocenters. The molecular weight excluding hydrogens is 566 g/mol. The zero-order valence-corrected chi connectivity index (χ0v) is 20.2. The number of benzene rings is 2. The largest absolute Gasteiger partial charge is 0.504 e. The van der Waals surface area contributed by atoms with E-state index in [9.17, 15) is 23.2 Å². The van der Waals surface area contributed by atoms with E-state index in [0.717, 1.165) is 12.1 Å². The van der Waals surface area contributed by atoms with E-state index < -0.39 is 35.3 Å². The Morgan fingerprint density at radius 1 is 0.875 bits per heavy atom. The summed E-state index contributed by atoms with van der Waals surface area (Å²) in [6.07, 6.45) is 0. The van der Waals surface area contributed by atoms with Crippen molar-refractivity contribution < 1.29 is 47.2 Å². The van der Waals surface area contributed by atoms with Gasteiger partial charge in [0.25, 0.3) is 0 Å². The van der Waals surface area contributed by atoms with Gasteiger partial charge >= 0.3 is 17.9 Å². The Bertz CT molecular complexity index is 952. The first-order valence-electron chi connectivity index (χ1n) is 8.61. The van der Waals surface area contributed by atoms with Gasteiger partial charge in [0.05, 0.1) is 34.3 Å². The summed E-state index contributed by atoms with van der Waals surface area (Å²) in [6, 6.07) is 4.59. The molecule has 0 radical (unpaired) electrons. The van der Waals surface area contributed by atoms with Crippen LogP contribution >= 0.6 is 31.9 Å². The minimum Gasteiger partial charge on any atom is -0.504 e. The van der Waals surface area contributed by atoms with Crippen LogP contribution in [0, 0.1) is 11.6 Å². The molecule has 0 fully saturated rings. The van der Waals surface area contributed by atoms with E-state index in [1.165, 1.54) is 33.3 Å². The molecule has 1 N–H and O–H groups in total. The lowest BCUT2D eigenvalue weighted by molar-refractivity contribution is -0.141. The molecule has 0 aliphatic rings. The van der Waals surface area contributed by atoms with Gasteiger partial charge in [-0.2, -0.15) is 0 Å². The van der Waals surface area contributed by atoms with Gasteiger partial charge in [0.2, 0.25) is 0 Å². The topological polar surface area (TPSA) is 108 Å². The van der Waals surface area contributed by atoms with Crippen LogP contribution in [0.1, 0.15) is 27.6 Å². The van der Waals surface area contributed by atoms with Crippen LogP contribution in [-0.4, -0.2) is 50.4 Å². The van der Waals surface area contributed by atoms with Gasteiger partial charge in [0.15, 0.2) is 23.1 Å². The van der Waals surface area contributed by atoms with Crippen molar-refractivity contribution in [2.45, 2.75) is 6.92 Å². The van der Waals surface area contributed by atoms with Gasteiger partial charge in [-0.15, -0.1) is 0 Å². The SMILES string of the molecule is COC(=O)c1cc(F)c(O)c(Br)c1.COC(=O)c1cc(F)c(OCCOC(C)=O)c(Br)c1. The molecule has 0 unspecified atom stereocenters. The summed E-state index contributed by atoms with van der Waals surface area (Å²) >= 11 is 5.99. The highest BCUT2D eigenvalue weighted by Crippen LogP contribution is 2.30. The van der Waals surface area contributed by atoms with E-state index in [1.807, 2.05) is 0 Å². The van der Waals surface area contributed by atoms with Crippen LogP contribution in [0.2, 0.25) is 0 Å². The monoisotopic (exact) mass is 582 g/mol. The average Bonchev–Trinajstić information content (AvgIpc) is 2.74. The molecule has 174 valence electrons. The third-order valence-electron chi connectivity index (χ3n) is 3.49. The second-order valence-electron chi connectivity index (χ2n) is 5.73. The van der Waals surface area contributed by atoms with E-state index >= 15 is 0 Å². The maximum atomic E-state index is 13.7. The summed E-state index contributed by atoms with van der Waals surface area (Å²) in [5, 5.41) is 9.01. The van der Waals surface area contributed by atoms with Gasteiger partial charge in [-0.25, -0.2) is 18.4 Å². The standard InChI is InChI=1S/C12H12BrFO5.C8H6BrFO3/c1-7(15)18-3-4-19-11-9(13)5-8(6-10(11)14)12(16)17-2;1-13-8(12)4-2-5(9)7(11)6(10)3-4/h5-6H,3-4H2,1-2H3;2-3,11H,1H3. The number of ether oxygens (including phenoxy) is 4. The van der Waals surface area contributed by atoms with Gasteiger partial charge in [0.1, 0.15) is 13.2 Å². The number of hydrogen-bond acceptors (Lipinski definition) is 8. The highest BCUT2D eigenvalue weighted by atomic mass is 79.9. The number of phenolic OH excluding ortho intramolecular Hbond substituents is 1. The quantitative estimate of drug-likeness (QED) is 0.303. The zero-order chi connectivity index (χ0) is 24.4. The third kappa shape index (κ3) is 8.08.